The summed E-state index contributed by atoms with van der Waals surface area (Å²) in [7, 11) is 1.79. The molecule has 0 bridgehead atoms. The third-order valence-corrected chi connectivity index (χ3v) is 5.52. The second-order valence-electron chi connectivity index (χ2n) is 7.11. The Morgan fingerprint density at radius 2 is 2.04 bits per heavy atom. The zero-order chi connectivity index (χ0) is 17.2. The molecule has 1 atom stereocenters. The first kappa shape index (κ1) is 16.8. The highest BCUT2D eigenvalue weighted by Gasteiger charge is 2.24. The van der Waals surface area contributed by atoms with Crippen molar-refractivity contribution in [2.24, 2.45) is 4.99 Å². The predicted octanol–water partition coefficient (Wildman–Crippen LogP) is 0.586. The monoisotopic (exact) mass is 345 g/mol. The van der Waals surface area contributed by atoms with E-state index in [0.717, 1.165) is 56.7 Å². The van der Waals surface area contributed by atoms with E-state index in [9.17, 15) is 5.21 Å². The molecule has 2 heterocycles. The molecule has 136 valence electrons. The van der Waals surface area contributed by atoms with E-state index < -0.39 is 0 Å². The Balaban J connectivity index is 1.35. The molecule has 0 spiro atoms. The summed E-state index contributed by atoms with van der Waals surface area (Å²) in [4.78, 5) is 6.97. The first-order chi connectivity index (χ1) is 12.2. The normalized spacial score (nSPS) is 25.4. The van der Waals surface area contributed by atoms with Gasteiger partial charge < -0.3 is 20.2 Å². The number of guanidine groups is 1. The maximum atomic E-state index is 12.4. The van der Waals surface area contributed by atoms with Crippen LogP contribution in [-0.2, 0) is 17.6 Å². The van der Waals surface area contributed by atoms with Crippen molar-refractivity contribution in [2.45, 2.75) is 38.2 Å². The molecule has 7 heteroatoms. The Kier molecular flexibility index (Phi) is 4.89. The molecule has 0 aromatic heterocycles. The van der Waals surface area contributed by atoms with Gasteiger partial charge in [0.2, 0.25) is 5.96 Å². The van der Waals surface area contributed by atoms with Gasteiger partial charge in [-0.25, -0.2) is 10.2 Å². The standard InChI is InChI=1S/C18H27N5O2/c1-25-15-5-8-22(9-6-15)10-7-19-18-20-16-11-13-3-2-4-14(13)12-17(16)23(24)21-18/h11-12,15,23H,2-10H2,1H3,(H2,19,20,21). The van der Waals surface area contributed by atoms with Crippen LogP contribution in [0.25, 0.3) is 0 Å². The Labute approximate surface area is 148 Å². The number of nitrogens with zero attached hydrogens (tertiary/aromatic N) is 2. The van der Waals surface area contributed by atoms with Crippen molar-refractivity contribution in [3.8, 4) is 0 Å². The number of benzene rings is 1. The van der Waals surface area contributed by atoms with Gasteiger partial charge >= 0.3 is 0 Å². The van der Waals surface area contributed by atoms with Crippen LogP contribution in [0.3, 0.4) is 0 Å². The van der Waals surface area contributed by atoms with Crippen molar-refractivity contribution in [3.63, 3.8) is 0 Å². The minimum absolute atomic E-state index is 0.0527. The van der Waals surface area contributed by atoms with E-state index in [-0.39, 0.29) is 5.17 Å². The number of quaternary nitrogens is 1. The van der Waals surface area contributed by atoms with E-state index in [1.54, 1.807) is 7.11 Å². The molecule has 1 fully saturated rings. The summed E-state index contributed by atoms with van der Waals surface area (Å²) in [6.45, 7) is 3.70. The number of hydrogen-bond acceptors (Lipinski definition) is 4. The molecule has 25 heavy (non-hydrogen) atoms. The number of ether oxygens (including phenoxy) is 1. The van der Waals surface area contributed by atoms with Crippen LogP contribution in [0.5, 0.6) is 0 Å². The summed E-state index contributed by atoms with van der Waals surface area (Å²) in [5.74, 6) is 0.572. The van der Waals surface area contributed by atoms with Gasteiger partial charge in [0.25, 0.3) is 0 Å². The lowest BCUT2D eigenvalue weighted by atomic mass is 10.1. The lowest BCUT2D eigenvalue weighted by molar-refractivity contribution is -0.816. The number of fused-ring (bicyclic) bond motifs is 2. The third kappa shape index (κ3) is 3.64. The number of nitrogens with one attached hydrogen (secondary N) is 3. The van der Waals surface area contributed by atoms with Crippen LogP contribution in [0.2, 0.25) is 0 Å². The van der Waals surface area contributed by atoms with Crippen molar-refractivity contribution in [3.05, 3.63) is 28.5 Å². The second-order valence-corrected chi connectivity index (χ2v) is 7.11. The molecule has 1 aromatic carbocycles. The quantitative estimate of drug-likeness (QED) is 0.696. The van der Waals surface area contributed by atoms with Crippen LogP contribution < -0.4 is 15.9 Å². The van der Waals surface area contributed by atoms with E-state index in [2.05, 4.69) is 26.7 Å². The summed E-state index contributed by atoms with van der Waals surface area (Å²) in [5, 5.41) is 15.6. The molecule has 3 N–H and O–H groups in total. The van der Waals surface area contributed by atoms with Crippen LogP contribution in [0.15, 0.2) is 17.1 Å². The van der Waals surface area contributed by atoms with Crippen LogP contribution in [-0.4, -0.2) is 50.3 Å². The molecule has 0 amide bonds. The minimum Gasteiger partial charge on any atom is -0.603 e. The highest BCUT2D eigenvalue weighted by Crippen LogP contribution is 2.30. The number of rotatable bonds is 4. The van der Waals surface area contributed by atoms with E-state index in [4.69, 9.17) is 4.74 Å². The van der Waals surface area contributed by atoms with Gasteiger partial charge in [-0.2, -0.15) is 5.43 Å². The van der Waals surface area contributed by atoms with Gasteiger partial charge in [-0.05, 0) is 49.3 Å². The van der Waals surface area contributed by atoms with Crippen LogP contribution in [0.1, 0.15) is 30.4 Å². The second kappa shape index (κ2) is 7.29. The van der Waals surface area contributed by atoms with Gasteiger partial charge in [0.15, 0.2) is 5.69 Å². The van der Waals surface area contributed by atoms with Gasteiger partial charge in [0.05, 0.1) is 12.6 Å². The first-order valence-electron chi connectivity index (χ1n) is 9.26. The molecule has 4 rings (SSSR count). The van der Waals surface area contributed by atoms with Gasteiger partial charge in [-0.15, -0.1) is 0 Å². The number of aryl methyl sites for hydroxylation is 2. The molecule has 1 aromatic rings. The number of hydrogen-bond donors (Lipinski definition) is 3. The fourth-order valence-corrected chi connectivity index (χ4v) is 4.00. The number of aliphatic imine (C=N–C) groups is 1. The average Bonchev–Trinajstić information content (AvgIpc) is 3.08. The molecule has 1 unspecified atom stereocenters. The molecule has 7 nitrogen and oxygen atoms in total. The first-order valence-corrected chi connectivity index (χ1v) is 9.26. The van der Waals surface area contributed by atoms with Crippen LogP contribution in [0.4, 0.5) is 11.4 Å². The summed E-state index contributed by atoms with van der Waals surface area (Å²) in [6, 6.07) is 4.16. The fraction of sp³-hybridized carbons (Fsp3) is 0.611. The molecule has 2 aliphatic heterocycles. The highest BCUT2D eigenvalue weighted by atomic mass is 16.5. The Hall–Kier alpha value is -1.67. The van der Waals surface area contributed by atoms with E-state index in [1.165, 1.54) is 17.5 Å². The molecule has 1 aliphatic carbocycles. The van der Waals surface area contributed by atoms with E-state index in [0.29, 0.717) is 18.6 Å². The predicted molar refractivity (Wildman–Crippen MR) is 98.0 cm³/mol. The summed E-state index contributed by atoms with van der Waals surface area (Å²) in [6.07, 6.45) is 5.94. The largest absolute Gasteiger partial charge is 0.603 e. The Bertz CT molecular complexity index is 655. The maximum absolute atomic E-state index is 12.4. The SMILES string of the molecule is COC1CCN(CCN=C2Nc3cc4c(cc3[NH+]([O-])N2)CCC4)CC1. The van der Waals surface area contributed by atoms with Gasteiger partial charge in [-0.3, -0.25) is 0 Å². The minimum atomic E-state index is -0.0527. The summed E-state index contributed by atoms with van der Waals surface area (Å²) in [5.41, 5.74) is 7.19. The highest BCUT2D eigenvalue weighted by molar-refractivity contribution is 5.96. The molecule has 3 aliphatic rings. The molecule has 1 saturated heterocycles. The Morgan fingerprint density at radius 3 is 2.80 bits per heavy atom. The lowest BCUT2D eigenvalue weighted by Gasteiger charge is -2.32. The molecular formula is C18H27N5O2. The van der Waals surface area contributed by atoms with Crippen molar-refractivity contribution < 1.29 is 9.91 Å². The Morgan fingerprint density at radius 1 is 1.28 bits per heavy atom. The van der Waals surface area contributed by atoms with Crippen molar-refractivity contribution >= 4 is 17.3 Å². The van der Waals surface area contributed by atoms with Gasteiger partial charge in [0, 0.05) is 32.8 Å². The number of anilines is 1. The number of methoxy groups -OCH3 is 1. The lowest BCUT2D eigenvalue weighted by Crippen LogP contribution is -3.11. The van der Waals surface area contributed by atoms with Crippen molar-refractivity contribution in [2.75, 3.05) is 38.6 Å². The number of piperidine rings is 1. The smallest absolute Gasteiger partial charge is 0.243 e. The zero-order valence-corrected chi connectivity index (χ0v) is 14.8. The van der Waals surface area contributed by atoms with E-state index in [1.807, 2.05) is 6.07 Å². The number of likely N-dealkylation sites (tertiary alicyclic amines) is 1. The van der Waals surface area contributed by atoms with E-state index >= 15 is 0 Å². The fourth-order valence-electron chi connectivity index (χ4n) is 4.00. The average molecular weight is 345 g/mol. The summed E-state index contributed by atoms with van der Waals surface area (Å²) >= 11 is 0. The van der Waals surface area contributed by atoms with Crippen molar-refractivity contribution in [1.82, 2.24) is 10.3 Å². The van der Waals surface area contributed by atoms with Crippen molar-refractivity contribution in [1.29, 1.82) is 0 Å². The van der Waals surface area contributed by atoms with Crippen LogP contribution >= 0.6 is 0 Å². The molecule has 0 radical (unpaired) electrons. The summed E-state index contributed by atoms with van der Waals surface area (Å²) < 4.78 is 5.40. The van der Waals surface area contributed by atoms with Gasteiger partial charge in [-0.1, -0.05) is 0 Å². The molecule has 0 saturated carbocycles. The maximum Gasteiger partial charge on any atom is 0.243 e. The topological polar surface area (TPSA) is 76.4 Å². The molecular weight excluding hydrogens is 318 g/mol. The zero-order valence-electron chi connectivity index (χ0n) is 14.8. The van der Waals surface area contributed by atoms with Gasteiger partial charge in [0.1, 0.15) is 5.69 Å². The van der Waals surface area contributed by atoms with Crippen LogP contribution in [0, 0.1) is 5.21 Å². The third-order valence-electron chi connectivity index (χ3n) is 5.52.